The van der Waals surface area contributed by atoms with Crippen molar-refractivity contribution in [1.82, 2.24) is 15.5 Å². The van der Waals surface area contributed by atoms with Crippen LogP contribution in [0, 0.1) is 5.41 Å². The molecule has 0 bridgehead atoms. The van der Waals surface area contributed by atoms with Gasteiger partial charge in [-0.1, -0.05) is 12.1 Å². The molecule has 0 spiro atoms. The molecule has 3 atom stereocenters. The molecule has 16 nitrogen and oxygen atoms in total. The first-order valence-electron chi connectivity index (χ1n) is 14.1. The fourth-order valence-corrected chi connectivity index (χ4v) is 6.53. The van der Waals surface area contributed by atoms with Crippen LogP contribution in [0.1, 0.15) is 52.5 Å². The zero-order valence-electron chi connectivity index (χ0n) is 26.0. The summed E-state index contributed by atoms with van der Waals surface area (Å²) < 4.78 is 46.4. The zero-order valence-corrected chi connectivity index (χ0v) is 26.8. The Morgan fingerprint density at radius 1 is 1.07 bits per heavy atom. The largest absolute Gasteiger partial charge is 0.497 e. The van der Waals surface area contributed by atoms with Crippen LogP contribution in [-0.2, 0) is 54.6 Å². The standard InChI is InChI=1S/C29H37N3O13S/c1-16(33)43-14-18-15-46(40,41)25-22(24(35)32(25)23(18)26(36)37)30-20(34)7-6-8-21(45-27(38)29(2,3)4)31-28(39)44-13-17-9-11-19(42-5)12-10-17/h9-12,21-22,25H,6-8,13-15H2,1-5H3,(H,30,34)(H,31,39)(H,36,37)/t21?,22-,25-/m0/s1. The van der Waals surface area contributed by atoms with Gasteiger partial charge in [0.1, 0.15) is 30.7 Å². The Balaban J connectivity index is 1.60. The van der Waals surface area contributed by atoms with Gasteiger partial charge in [-0.15, -0.1) is 0 Å². The number of amides is 3. The van der Waals surface area contributed by atoms with Gasteiger partial charge in [0.25, 0.3) is 5.91 Å². The van der Waals surface area contributed by atoms with Gasteiger partial charge in [0, 0.05) is 25.3 Å². The van der Waals surface area contributed by atoms with Gasteiger partial charge in [0.05, 0.1) is 18.3 Å². The number of alkyl carbamates (subject to hydrolysis) is 1. The first-order chi connectivity index (χ1) is 21.4. The Labute approximate surface area is 265 Å². The first kappa shape index (κ1) is 35.8. The maximum atomic E-state index is 12.9. The molecule has 2 heterocycles. The molecule has 0 aliphatic carbocycles. The minimum Gasteiger partial charge on any atom is -0.497 e. The Morgan fingerprint density at radius 3 is 2.28 bits per heavy atom. The molecular weight excluding hydrogens is 630 g/mol. The van der Waals surface area contributed by atoms with Crippen molar-refractivity contribution >= 4 is 45.7 Å². The number of hydrogen-bond acceptors (Lipinski definition) is 12. The van der Waals surface area contributed by atoms with Crippen LogP contribution < -0.4 is 15.4 Å². The smallest absolute Gasteiger partial charge is 0.410 e. The number of esters is 2. The highest BCUT2D eigenvalue weighted by molar-refractivity contribution is 7.92. The monoisotopic (exact) mass is 667 g/mol. The van der Waals surface area contributed by atoms with Gasteiger partial charge in [-0.25, -0.2) is 18.0 Å². The number of ether oxygens (including phenoxy) is 4. The Morgan fingerprint density at radius 2 is 1.72 bits per heavy atom. The number of carboxylic acids is 1. The van der Waals surface area contributed by atoms with E-state index in [9.17, 15) is 42.3 Å². The second-order valence-corrected chi connectivity index (χ2v) is 13.7. The zero-order chi connectivity index (χ0) is 34.4. The Kier molecular flexibility index (Phi) is 11.4. The maximum absolute atomic E-state index is 12.9. The molecule has 252 valence electrons. The van der Waals surface area contributed by atoms with E-state index in [-0.39, 0.29) is 31.4 Å². The molecule has 17 heteroatoms. The lowest BCUT2D eigenvalue weighted by atomic mass is 9.97. The molecule has 0 radical (unpaired) electrons. The summed E-state index contributed by atoms with van der Waals surface area (Å²) in [6, 6.07) is 5.25. The molecule has 1 aromatic carbocycles. The number of nitrogens with one attached hydrogen (secondary N) is 2. The van der Waals surface area contributed by atoms with E-state index in [2.05, 4.69) is 10.6 Å². The number of carboxylic acid groups (broad SMARTS) is 1. The summed E-state index contributed by atoms with van der Waals surface area (Å²) in [5.74, 6) is -4.85. The van der Waals surface area contributed by atoms with Gasteiger partial charge < -0.3 is 29.4 Å². The van der Waals surface area contributed by atoms with Gasteiger partial charge in [0.2, 0.25) is 5.91 Å². The number of methoxy groups -OCH3 is 1. The highest BCUT2D eigenvalue weighted by Gasteiger charge is 2.60. The molecule has 46 heavy (non-hydrogen) atoms. The van der Waals surface area contributed by atoms with Gasteiger partial charge >= 0.3 is 24.0 Å². The summed E-state index contributed by atoms with van der Waals surface area (Å²) in [5, 5.41) is 12.8. The van der Waals surface area contributed by atoms with Crippen LogP contribution in [0.3, 0.4) is 0 Å². The van der Waals surface area contributed by atoms with Crippen molar-refractivity contribution in [3.63, 3.8) is 0 Å². The molecule has 0 aromatic heterocycles. The molecule has 2 aliphatic heterocycles. The molecule has 2 aliphatic rings. The third kappa shape index (κ3) is 8.95. The number of nitrogens with zero attached hydrogens (tertiary/aromatic N) is 1. The Hall–Kier alpha value is -4.67. The molecule has 3 rings (SSSR count). The van der Waals surface area contributed by atoms with E-state index in [4.69, 9.17) is 18.9 Å². The lowest BCUT2D eigenvalue weighted by Gasteiger charge is -2.49. The number of rotatable bonds is 13. The third-order valence-electron chi connectivity index (χ3n) is 6.87. The average Bonchev–Trinajstić information content (AvgIpc) is 2.96. The molecule has 1 saturated heterocycles. The summed E-state index contributed by atoms with van der Waals surface area (Å²) in [5.41, 5.74) is -1.13. The van der Waals surface area contributed by atoms with Gasteiger partial charge in [-0.3, -0.25) is 29.4 Å². The lowest BCUT2D eigenvalue weighted by molar-refractivity contribution is -0.160. The minimum atomic E-state index is -4.17. The van der Waals surface area contributed by atoms with Crippen molar-refractivity contribution in [3.8, 4) is 5.75 Å². The van der Waals surface area contributed by atoms with E-state index in [0.717, 1.165) is 6.92 Å². The van der Waals surface area contributed by atoms with E-state index in [1.54, 1.807) is 45.0 Å². The normalized spacial score (nSPS) is 19.2. The maximum Gasteiger partial charge on any atom is 0.410 e. The fraction of sp³-hybridized carbons (Fsp3) is 0.517. The van der Waals surface area contributed by atoms with Crippen molar-refractivity contribution in [2.75, 3.05) is 19.5 Å². The SMILES string of the molecule is COc1ccc(COC(=O)NC(CCCC(=O)N[C@H]2C(=O)N3C(C(=O)O)=C(COC(C)=O)CS(=O)(=O)[C@@H]23)OC(=O)C(C)(C)C)cc1. The average molecular weight is 668 g/mol. The number of carbonyl (C=O) groups excluding carboxylic acids is 5. The molecule has 0 saturated carbocycles. The highest BCUT2D eigenvalue weighted by atomic mass is 32.2. The van der Waals surface area contributed by atoms with Crippen LogP contribution in [0.25, 0.3) is 0 Å². The molecule has 1 unspecified atom stereocenters. The molecule has 3 N–H and O–H groups in total. The van der Waals surface area contributed by atoms with E-state index < -0.39 is 86.8 Å². The number of fused-ring (bicyclic) bond motifs is 1. The van der Waals surface area contributed by atoms with Crippen molar-refractivity contribution in [1.29, 1.82) is 0 Å². The van der Waals surface area contributed by atoms with E-state index in [1.165, 1.54) is 7.11 Å². The fourth-order valence-electron chi connectivity index (χ4n) is 4.53. The number of hydrogen-bond donors (Lipinski definition) is 3. The van der Waals surface area contributed by atoms with Gasteiger partial charge in [0.15, 0.2) is 21.4 Å². The van der Waals surface area contributed by atoms with Gasteiger partial charge in [-0.05, 0) is 44.9 Å². The molecule has 1 aromatic rings. The van der Waals surface area contributed by atoms with Crippen LogP contribution in [0.15, 0.2) is 35.5 Å². The third-order valence-corrected chi connectivity index (χ3v) is 8.84. The molecular formula is C29H37N3O13S. The van der Waals surface area contributed by atoms with Crippen LogP contribution in [0.5, 0.6) is 5.75 Å². The summed E-state index contributed by atoms with van der Waals surface area (Å²) in [4.78, 5) is 74.2. The van der Waals surface area contributed by atoms with Crippen LogP contribution in [0.2, 0.25) is 0 Å². The van der Waals surface area contributed by atoms with E-state index in [0.29, 0.717) is 16.2 Å². The number of carbonyl (C=O) groups is 6. The second kappa shape index (κ2) is 14.6. The van der Waals surface area contributed by atoms with Gasteiger partial charge in [-0.2, -0.15) is 0 Å². The number of aliphatic carboxylic acids is 1. The van der Waals surface area contributed by atoms with Crippen molar-refractivity contribution in [3.05, 3.63) is 41.1 Å². The predicted octanol–water partition coefficient (Wildman–Crippen LogP) is 0.990. The Bertz CT molecular complexity index is 1510. The quantitative estimate of drug-likeness (QED) is 0.116. The van der Waals surface area contributed by atoms with Crippen molar-refractivity contribution in [2.45, 2.75) is 71.2 Å². The summed E-state index contributed by atoms with van der Waals surface area (Å²) in [6.07, 6.45) is -2.33. The summed E-state index contributed by atoms with van der Waals surface area (Å²) in [6.45, 7) is 5.19. The highest BCUT2D eigenvalue weighted by Crippen LogP contribution is 2.37. The number of β-lactam (4-membered cyclic amide) rings is 1. The van der Waals surface area contributed by atoms with Crippen LogP contribution in [-0.4, -0.2) is 91.4 Å². The van der Waals surface area contributed by atoms with Crippen molar-refractivity contribution < 1.29 is 61.2 Å². The van der Waals surface area contributed by atoms with Crippen LogP contribution >= 0.6 is 0 Å². The minimum absolute atomic E-state index is 0.0293. The van der Waals surface area contributed by atoms with E-state index >= 15 is 0 Å². The number of sulfone groups is 1. The number of benzene rings is 1. The van der Waals surface area contributed by atoms with Crippen LogP contribution in [0.4, 0.5) is 4.79 Å². The second-order valence-electron chi connectivity index (χ2n) is 11.6. The lowest BCUT2D eigenvalue weighted by Crippen LogP contribution is -2.74. The predicted molar refractivity (Wildman–Crippen MR) is 157 cm³/mol. The molecule has 3 amide bonds. The molecule has 1 fully saturated rings. The van der Waals surface area contributed by atoms with Crippen molar-refractivity contribution in [2.24, 2.45) is 5.41 Å². The topological polar surface area (TPSA) is 221 Å². The first-order valence-corrected chi connectivity index (χ1v) is 15.9. The summed E-state index contributed by atoms with van der Waals surface area (Å²) >= 11 is 0. The van der Waals surface area contributed by atoms with E-state index in [1.807, 2.05) is 0 Å². The summed E-state index contributed by atoms with van der Waals surface area (Å²) in [7, 11) is -2.65.